The molecule has 23 heavy (non-hydrogen) atoms. The largest absolute Gasteiger partial charge is 0.507 e. The minimum absolute atomic E-state index is 0.184. The molecule has 0 unspecified atom stereocenters. The number of hydrogen-bond acceptors (Lipinski definition) is 2. The van der Waals surface area contributed by atoms with Crippen molar-refractivity contribution in [2.75, 3.05) is 0 Å². The molecule has 0 fully saturated rings. The van der Waals surface area contributed by atoms with Crippen LogP contribution in [0.5, 0.6) is 5.75 Å². The minimum atomic E-state index is -0.184. The van der Waals surface area contributed by atoms with Crippen molar-refractivity contribution >= 4 is 6.29 Å². The van der Waals surface area contributed by atoms with Gasteiger partial charge in [0.1, 0.15) is 5.75 Å². The number of aromatic hydroxyl groups is 1. The number of aldehydes is 1. The molecule has 2 nitrogen and oxygen atoms in total. The zero-order chi connectivity index (χ0) is 17.4. The summed E-state index contributed by atoms with van der Waals surface area (Å²) in [5.41, 5.74) is 3.98. The van der Waals surface area contributed by atoms with Crippen molar-refractivity contribution in [2.45, 2.75) is 52.4 Å². The van der Waals surface area contributed by atoms with Crippen LogP contribution in [0.1, 0.15) is 63.0 Å². The van der Waals surface area contributed by atoms with E-state index in [9.17, 15) is 9.90 Å². The highest BCUT2D eigenvalue weighted by atomic mass is 16.3. The average molecular weight is 310 g/mol. The third-order valence-corrected chi connectivity index (χ3v) is 4.12. The van der Waals surface area contributed by atoms with Gasteiger partial charge in [0.25, 0.3) is 0 Å². The van der Waals surface area contributed by atoms with Crippen LogP contribution < -0.4 is 0 Å². The van der Waals surface area contributed by atoms with E-state index < -0.39 is 0 Å². The fourth-order valence-electron chi connectivity index (χ4n) is 2.80. The van der Waals surface area contributed by atoms with Gasteiger partial charge >= 0.3 is 0 Å². The van der Waals surface area contributed by atoms with E-state index in [4.69, 9.17) is 0 Å². The maximum Gasteiger partial charge on any atom is 0.150 e. The third-order valence-electron chi connectivity index (χ3n) is 4.12. The van der Waals surface area contributed by atoms with Crippen LogP contribution in [0, 0.1) is 0 Å². The van der Waals surface area contributed by atoms with Gasteiger partial charge in [-0.1, -0.05) is 65.8 Å². The monoisotopic (exact) mass is 310 g/mol. The van der Waals surface area contributed by atoms with Gasteiger partial charge in [-0.3, -0.25) is 4.79 Å². The summed E-state index contributed by atoms with van der Waals surface area (Å²) < 4.78 is 0. The number of phenolic OH excluding ortho intramolecular Hbond substituents is 1. The van der Waals surface area contributed by atoms with Gasteiger partial charge < -0.3 is 5.11 Å². The topological polar surface area (TPSA) is 37.3 Å². The molecular formula is C21H26O2. The minimum Gasteiger partial charge on any atom is -0.507 e. The molecule has 0 aliphatic heterocycles. The van der Waals surface area contributed by atoms with Crippen LogP contribution in [0.25, 0.3) is 11.1 Å². The molecule has 2 rings (SSSR count). The van der Waals surface area contributed by atoms with Gasteiger partial charge in [-0.25, -0.2) is 0 Å². The first kappa shape index (κ1) is 17.3. The lowest BCUT2D eigenvalue weighted by Crippen LogP contribution is -2.17. The standard InChI is InChI=1S/C21H26O2/c1-20(2,3)17-11-15(12-18(19(17)23)21(4,5)6)16-10-8-7-9-14(16)13-22/h7-13,23H,1-6H3. The van der Waals surface area contributed by atoms with Crippen molar-refractivity contribution < 1.29 is 9.90 Å². The van der Waals surface area contributed by atoms with Gasteiger partial charge in [-0.15, -0.1) is 0 Å². The Balaban J connectivity index is 2.83. The second-order valence-corrected chi connectivity index (χ2v) is 8.13. The Labute approximate surface area is 139 Å². The summed E-state index contributed by atoms with van der Waals surface area (Å²) in [7, 11) is 0. The molecule has 2 aromatic rings. The number of carbonyl (C=O) groups excluding carboxylic acids is 1. The highest BCUT2D eigenvalue weighted by Crippen LogP contribution is 2.42. The Morgan fingerprint density at radius 2 is 1.35 bits per heavy atom. The lowest BCUT2D eigenvalue weighted by Gasteiger charge is -2.28. The molecule has 122 valence electrons. The molecule has 0 aliphatic carbocycles. The van der Waals surface area contributed by atoms with Gasteiger partial charge in [0.2, 0.25) is 0 Å². The first-order valence-electron chi connectivity index (χ1n) is 7.98. The van der Waals surface area contributed by atoms with Crippen LogP contribution in [0.2, 0.25) is 0 Å². The maximum atomic E-state index is 11.4. The van der Waals surface area contributed by atoms with E-state index in [-0.39, 0.29) is 10.8 Å². The van der Waals surface area contributed by atoms with E-state index in [0.29, 0.717) is 11.3 Å². The van der Waals surface area contributed by atoms with Gasteiger partial charge in [-0.05, 0) is 34.1 Å². The van der Waals surface area contributed by atoms with E-state index in [1.165, 1.54) is 0 Å². The molecule has 0 aliphatic rings. The Bertz CT molecular complexity index is 693. The highest BCUT2D eigenvalue weighted by molar-refractivity contribution is 5.88. The molecule has 0 amide bonds. The normalized spacial score (nSPS) is 12.3. The smallest absolute Gasteiger partial charge is 0.150 e. The highest BCUT2D eigenvalue weighted by Gasteiger charge is 2.27. The van der Waals surface area contributed by atoms with Crippen molar-refractivity contribution in [1.29, 1.82) is 0 Å². The second-order valence-electron chi connectivity index (χ2n) is 8.13. The van der Waals surface area contributed by atoms with Crippen molar-refractivity contribution in [3.05, 3.63) is 53.1 Å². The molecular weight excluding hydrogens is 284 g/mol. The summed E-state index contributed by atoms with van der Waals surface area (Å²) in [5.74, 6) is 0.359. The molecule has 0 saturated heterocycles. The number of rotatable bonds is 2. The average Bonchev–Trinajstić information content (AvgIpc) is 2.45. The van der Waals surface area contributed by atoms with Crippen molar-refractivity contribution in [3.8, 4) is 16.9 Å². The molecule has 2 heteroatoms. The zero-order valence-corrected chi connectivity index (χ0v) is 14.9. The fraction of sp³-hybridized carbons (Fsp3) is 0.381. The van der Waals surface area contributed by atoms with Crippen molar-refractivity contribution in [2.24, 2.45) is 0 Å². The van der Waals surface area contributed by atoms with Gasteiger partial charge in [0.05, 0.1) is 0 Å². The number of carbonyl (C=O) groups is 1. The van der Waals surface area contributed by atoms with E-state index in [1.54, 1.807) is 0 Å². The third kappa shape index (κ3) is 3.47. The Morgan fingerprint density at radius 1 is 0.870 bits per heavy atom. The van der Waals surface area contributed by atoms with Crippen molar-refractivity contribution in [1.82, 2.24) is 0 Å². The molecule has 2 aromatic carbocycles. The van der Waals surface area contributed by atoms with E-state index in [1.807, 2.05) is 36.4 Å². The predicted octanol–water partition coefficient (Wildman–Crippen LogP) is 5.47. The molecule has 0 radical (unpaired) electrons. The SMILES string of the molecule is CC(C)(C)c1cc(-c2ccccc2C=O)cc(C(C)(C)C)c1O. The van der Waals surface area contributed by atoms with Crippen molar-refractivity contribution in [3.63, 3.8) is 0 Å². The summed E-state index contributed by atoms with van der Waals surface area (Å²) in [5, 5.41) is 10.8. The van der Waals surface area contributed by atoms with Crippen LogP contribution >= 0.6 is 0 Å². The summed E-state index contributed by atoms with van der Waals surface area (Å²) in [6.45, 7) is 12.5. The summed E-state index contributed by atoms with van der Waals surface area (Å²) in [4.78, 5) is 11.4. The summed E-state index contributed by atoms with van der Waals surface area (Å²) in [6.07, 6.45) is 0.885. The van der Waals surface area contributed by atoms with Gasteiger partial charge in [-0.2, -0.15) is 0 Å². The predicted molar refractivity (Wildman–Crippen MR) is 96.3 cm³/mol. The van der Waals surface area contributed by atoms with Crippen LogP contribution in [-0.2, 0) is 10.8 Å². The van der Waals surface area contributed by atoms with E-state index in [2.05, 4.69) is 41.5 Å². The van der Waals surface area contributed by atoms with Crippen LogP contribution in [-0.4, -0.2) is 11.4 Å². The molecule has 1 N–H and O–H groups in total. The summed E-state index contributed by atoms with van der Waals surface area (Å²) >= 11 is 0. The first-order valence-corrected chi connectivity index (χ1v) is 7.98. The molecule has 0 heterocycles. The van der Waals surface area contributed by atoms with E-state index >= 15 is 0 Å². The number of benzene rings is 2. The van der Waals surface area contributed by atoms with Gasteiger partial charge in [0, 0.05) is 16.7 Å². The summed E-state index contributed by atoms with van der Waals surface area (Å²) in [6, 6.07) is 11.6. The lowest BCUT2D eigenvalue weighted by atomic mass is 9.77. The Morgan fingerprint density at radius 3 is 1.78 bits per heavy atom. The fourth-order valence-corrected chi connectivity index (χ4v) is 2.80. The lowest BCUT2D eigenvalue weighted by molar-refractivity contribution is 0.112. The molecule has 0 aromatic heterocycles. The number of phenols is 1. The van der Waals surface area contributed by atoms with Crippen LogP contribution in [0.4, 0.5) is 0 Å². The Hall–Kier alpha value is -2.09. The van der Waals surface area contributed by atoms with Crippen LogP contribution in [0.15, 0.2) is 36.4 Å². The maximum absolute atomic E-state index is 11.4. The Kier molecular flexibility index (Phi) is 4.39. The number of hydrogen-bond donors (Lipinski definition) is 1. The molecule has 0 bridgehead atoms. The molecule has 0 spiro atoms. The quantitative estimate of drug-likeness (QED) is 0.747. The van der Waals surface area contributed by atoms with Crippen LogP contribution in [0.3, 0.4) is 0 Å². The zero-order valence-electron chi connectivity index (χ0n) is 14.9. The second kappa shape index (κ2) is 5.84. The molecule has 0 atom stereocenters. The van der Waals surface area contributed by atoms with Gasteiger partial charge in [0.15, 0.2) is 6.29 Å². The molecule has 0 saturated carbocycles. The van der Waals surface area contributed by atoms with E-state index in [0.717, 1.165) is 28.5 Å². The first-order chi connectivity index (χ1) is 10.6.